The lowest BCUT2D eigenvalue weighted by Crippen LogP contribution is -2.37. The van der Waals surface area contributed by atoms with Gasteiger partial charge in [-0.15, -0.1) is 0 Å². The number of nitrogens with one attached hydrogen (secondary N) is 1. The molecule has 0 saturated heterocycles. The highest BCUT2D eigenvalue weighted by Gasteiger charge is 2.28. The Hall–Kier alpha value is -1.10. The number of carboxylic acid groups (broad SMARTS) is 1. The molecule has 5 nitrogen and oxygen atoms in total. The molecule has 0 spiro atoms. The third-order valence-electron chi connectivity index (χ3n) is 2.28. The molecule has 0 aromatic heterocycles. The average Bonchev–Trinajstić information content (AvgIpc) is 2.93. The summed E-state index contributed by atoms with van der Waals surface area (Å²) < 4.78 is 0. The Morgan fingerprint density at radius 2 is 2.14 bits per heavy atom. The lowest BCUT2D eigenvalue weighted by Gasteiger charge is -2.16. The number of hydrogen-bond donors (Lipinski definition) is 2. The molecule has 5 heteroatoms. The van der Waals surface area contributed by atoms with Gasteiger partial charge < -0.3 is 15.3 Å². The van der Waals surface area contributed by atoms with Crippen LogP contribution in [0.2, 0.25) is 0 Å². The zero-order valence-corrected chi connectivity index (χ0v) is 8.32. The van der Waals surface area contributed by atoms with Crippen molar-refractivity contribution in [3.8, 4) is 0 Å². The zero-order valence-electron chi connectivity index (χ0n) is 8.32. The van der Waals surface area contributed by atoms with Crippen molar-refractivity contribution in [2.45, 2.75) is 25.3 Å². The first kappa shape index (κ1) is 11.0. The SMILES string of the molecule is CN(C(=O)CNCCC(=O)O)C1CC1. The topological polar surface area (TPSA) is 69.6 Å². The second-order valence-corrected chi connectivity index (χ2v) is 3.56. The molecule has 0 bridgehead atoms. The summed E-state index contributed by atoms with van der Waals surface area (Å²) in [6.45, 7) is 0.583. The minimum atomic E-state index is -0.847. The lowest BCUT2D eigenvalue weighted by molar-refractivity contribution is -0.137. The molecule has 1 amide bonds. The van der Waals surface area contributed by atoms with Crippen LogP contribution in [-0.4, -0.2) is 48.1 Å². The van der Waals surface area contributed by atoms with Gasteiger partial charge in [-0.25, -0.2) is 0 Å². The first-order valence-corrected chi connectivity index (χ1v) is 4.79. The van der Waals surface area contributed by atoms with E-state index in [4.69, 9.17) is 5.11 Å². The molecule has 0 unspecified atom stereocenters. The van der Waals surface area contributed by atoms with E-state index in [-0.39, 0.29) is 18.9 Å². The van der Waals surface area contributed by atoms with E-state index in [1.54, 1.807) is 11.9 Å². The van der Waals surface area contributed by atoms with Crippen LogP contribution in [0.1, 0.15) is 19.3 Å². The molecule has 0 atom stereocenters. The number of rotatable bonds is 6. The minimum absolute atomic E-state index is 0.0397. The van der Waals surface area contributed by atoms with Gasteiger partial charge in [0.15, 0.2) is 0 Å². The van der Waals surface area contributed by atoms with E-state index in [9.17, 15) is 9.59 Å². The van der Waals surface area contributed by atoms with Crippen LogP contribution in [-0.2, 0) is 9.59 Å². The molecular weight excluding hydrogens is 184 g/mol. The van der Waals surface area contributed by atoms with Gasteiger partial charge in [0, 0.05) is 19.6 Å². The molecule has 1 rings (SSSR count). The maximum Gasteiger partial charge on any atom is 0.304 e. The molecule has 80 valence electrons. The van der Waals surface area contributed by atoms with Gasteiger partial charge in [-0.2, -0.15) is 0 Å². The van der Waals surface area contributed by atoms with E-state index in [0.29, 0.717) is 12.6 Å². The Kier molecular flexibility index (Phi) is 3.88. The van der Waals surface area contributed by atoms with Crippen molar-refractivity contribution in [3.05, 3.63) is 0 Å². The van der Waals surface area contributed by atoms with Crippen molar-refractivity contribution in [3.63, 3.8) is 0 Å². The monoisotopic (exact) mass is 200 g/mol. The Morgan fingerprint density at radius 3 is 2.64 bits per heavy atom. The third-order valence-corrected chi connectivity index (χ3v) is 2.28. The molecule has 0 radical (unpaired) electrons. The van der Waals surface area contributed by atoms with E-state index >= 15 is 0 Å². The Labute approximate surface area is 83.1 Å². The summed E-state index contributed by atoms with van der Waals surface area (Å²) in [7, 11) is 1.79. The molecule has 0 aromatic rings. The van der Waals surface area contributed by atoms with Gasteiger partial charge in [-0.05, 0) is 12.8 Å². The van der Waals surface area contributed by atoms with Crippen molar-refractivity contribution < 1.29 is 14.7 Å². The highest BCUT2D eigenvalue weighted by Crippen LogP contribution is 2.24. The quantitative estimate of drug-likeness (QED) is 0.576. The van der Waals surface area contributed by atoms with Crippen molar-refractivity contribution in [2.75, 3.05) is 20.1 Å². The van der Waals surface area contributed by atoms with Crippen molar-refractivity contribution in [1.82, 2.24) is 10.2 Å². The van der Waals surface area contributed by atoms with Crippen molar-refractivity contribution in [1.29, 1.82) is 0 Å². The van der Waals surface area contributed by atoms with Crippen LogP contribution < -0.4 is 5.32 Å². The summed E-state index contributed by atoms with van der Waals surface area (Å²) in [5.74, 6) is -0.807. The molecular formula is C9H16N2O3. The summed E-state index contributed by atoms with van der Waals surface area (Å²) in [5, 5.41) is 11.2. The fraction of sp³-hybridized carbons (Fsp3) is 0.778. The second kappa shape index (κ2) is 4.95. The van der Waals surface area contributed by atoms with Crippen molar-refractivity contribution >= 4 is 11.9 Å². The first-order chi connectivity index (χ1) is 6.61. The molecule has 2 N–H and O–H groups in total. The smallest absolute Gasteiger partial charge is 0.304 e. The first-order valence-electron chi connectivity index (χ1n) is 4.79. The molecule has 1 aliphatic rings. The second-order valence-electron chi connectivity index (χ2n) is 3.56. The summed E-state index contributed by atoms with van der Waals surface area (Å²) in [4.78, 5) is 23.3. The Bertz CT molecular complexity index is 226. The van der Waals surface area contributed by atoms with E-state index in [0.717, 1.165) is 12.8 Å². The number of carboxylic acids is 1. The van der Waals surface area contributed by atoms with Crippen LogP contribution in [0.4, 0.5) is 0 Å². The van der Waals surface area contributed by atoms with E-state index in [2.05, 4.69) is 5.32 Å². The van der Waals surface area contributed by atoms with Crippen LogP contribution in [0.15, 0.2) is 0 Å². The summed E-state index contributed by atoms with van der Waals surface area (Å²) in [6.07, 6.45) is 2.25. The predicted molar refractivity (Wildman–Crippen MR) is 50.9 cm³/mol. The molecule has 0 aromatic carbocycles. The number of aliphatic carboxylic acids is 1. The van der Waals surface area contributed by atoms with Gasteiger partial charge in [0.05, 0.1) is 13.0 Å². The van der Waals surface area contributed by atoms with Gasteiger partial charge in [0.2, 0.25) is 5.91 Å². The number of carbonyl (C=O) groups excluding carboxylic acids is 1. The minimum Gasteiger partial charge on any atom is -0.481 e. The molecule has 1 aliphatic carbocycles. The maximum absolute atomic E-state index is 11.4. The summed E-state index contributed by atoms with van der Waals surface area (Å²) in [6, 6.07) is 0.420. The van der Waals surface area contributed by atoms with Gasteiger partial charge in [0.25, 0.3) is 0 Å². The molecule has 1 saturated carbocycles. The fourth-order valence-corrected chi connectivity index (χ4v) is 1.18. The van der Waals surface area contributed by atoms with Crippen LogP contribution >= 0.6 is 0 Å². The molecule has 0 aliphatic heterocycles. The normalized spacial score (nSPS) is 15.2. The highest BCUT2D eigenvalue weighted by molar-refractivity contribution is 5.78. The van der Waals surface area contributed by atoms with Crippen molar-refractivity contribution in [2.24, 2.45) is 0 Å². The van der Waals surface area contributed by atoms with E-state index in [1.165, 1.54) is 0 Å². The van der Waals surface area contributed by atoms with Crippen LogP contribution in [0.25, 0.3) is 0 Å². The average molecular weight is 200 g/mol. The lowest BCUT2D eigenvalue weighted by atomic mass is 10.4. The Balaban J connectivity index is 2.05. The van der Waals surface area contributed by atoms with Gasteiger partial charge in [-0.3, -0.25) is 9.59 Å². The highest BCUT2D eigenvalue weighted by atomic mass is 16.4. The summed E-state index contributed by atoms with van der Waals surface area (Å²) >= 11 is 0. The summed E-state index contributed by atoms with van der Waals surface area (Å²) in [5.41, 5.74) is 0. The zero-order chi connectivity index (χ0) is 10.6. The predicted octanol–water partition coefficient (Wildman–Crippen LogP) is -0.328. The number of likely N-dealkylation sites (N-methyl/N-ethyl adjacent to an activating group) is 1. The largest absolute Gasteiger partial charge is 0.481 e. The Morgan fingerprint density at radius 1 is 1.50 bits per heavy atom. The standard InChI is InChI=1S/C9H16N2O3/c1-11(7-2-3-7)8(12)6-10-5-4-9(13)14/h7,10H,2-6H2,1H3,(H,13,14). The third kappa shape index (κ3) is 3.74. The fourth-order valence-electron chi connectivity index (χ4n) is 1.18. The van der Waals surface area contributed by atoms with Gasteiger partial charge in [0.1, 0.15) is 0 Å². The number of carbonyl (C=O) groups is 2. The van der Waals surface area contributed by atoms with E-state index < -0.39 is 5.97 Å². The van der Waals surface area contributed by atoms with Crippen LogP contribution in [0, 0.1) is 0 Å². The maximum atomic E-state index is 11.4. The number of nitrogens with zero attached hydrogens (tertiary/aromatic N) is 1. The van der Waals surface area contributed by atoms with Crippen LogP contribution in [0.5, 0.6) is 0 Å². The molecule has 14 heavy (non-hydrogen) atoms. The van der Waals surface area contributed by atoms with Gasteiger partial charge in [-0.1, -0.05) is 0 Å². The van der Waals surface area contributed by atoms with Crippen LogP contribution in [0.3, 0.4) is 0 Å². The van der Waals surface area contributed by atoms with E-state index in [1.807, 2.05) is 0 Å². The van der Waals surface area contributed by atoms with Gasteiger partial charge >= 0.3 is 5.97 Å². The number of amides is 1. The number of hydrogen-bond acceptors (Lipinski definition) is 3. The molecule has 1 fully saturated rings. The molecule has 0 heterocycles.